The summed E-state index contributed by atoms with van der Waals surface area (Å²) in [5.74, 6) is -0.548. The first kappa shape index (κ1) is 18.5. The van der Waals surface area contributed by atoms with E-state index in [0.717, 1.165) is 14.7 Å². The van der Waals surface area contributed by atoms with Crippen molar-refractivity contribution < 1.29 is 22.8 Å². The van der Waals surface area contributed by atoms with Gasteiger partial charge in [-0.2, -0.15) is 0 Å². The molecule has 1 aromatic heterocycles. The number of hydroxylamine groups is 1. The summed E-state index contributed by atoms with van der Waals surface area (Å²) in [7, 11) is -1.21. The van der Waals surface area contributed by atoms with Crippen LogP contribution in [0.25, 0.3) is 10.2 Å². The summed E-state index contributed by atoms with van der Waals surface area (Å²) in [4.78, 5) is 21.3. The molecule has 0 amide bonds. The molecule has 7 nitrogen and oxygen atoms in total. The van der Waals surface area contributed by atoms with Gasteiger partial charge in [0.1, 0.15) is 11.6 Å². The number of thiazole rings is 1. The van der Waals surface area contributed by atoms with Crippen molar-refractivity contribution in [2.45, 2.75) is 11.5 Å². The topological polar surface area (TPSA) is 85.8 Å². The van der Waals surface area contributed by atoms with Gasteiger partial charge in [0.15, 0.2) is 0 Å². The molecule has 0 aliphatic carbocycles. The predicted molar refractivity (Wildman–Crippen MR) is 97.1 cm³/mol. The van der Waals surface area contributed by atoms with E-state index in [1.807, 2.05) is 24.3 Å². The highest BCUT2D eigenvalue weighted by molar-refractivity contribution is 7.89. The van der Waals surface area contributed by atoms with Gasteiger partial charge in [0.25, 0.3) is 10.0 Å². The lowest BCUT2D eigenvalue weighted by Gasteiger charge is -2.14. The molecular formula is C17H16N2O5S2. The largest absolute Gasteiger partial charge is 0.455 e. The number of nitrogens with zero attached hydrogens (tertiary/aromatic N) is 2. The van der Waals surface area contributed by atoms with E-state index >= 15 is 0 Å². The molecule has 26 heavy (non-hydrogen) atoms. The minimum Gasteiger partial charge on any atom is -0.455 e. The Hall–Kier alpha value is -2.33. The van der Waals surface area contributed by atoms with E-state index in [1.54, 1.807) is 0 Å². The van der Waals surface area contributed by atoms with Crippen LogP contribution >= 0.6 is 11.3 Å². The van der Waals surface area contributed by atoms with Gasteiger partial charge in [-0.15, -0.1) is 11.3 Å². The number of carbonyl (C=O) groups is 1. The van der Waals surface area contributed by atoms with Crippen molar-refractivity contribution >= 4 is 37.5 Å². The van der Waals surface area contributed by atoms with Gasteiger partial charge in [0, 0.05) is 7.05 Å². The lowest BCUT2D eigenvalue weighted by Crippen LogP contribution is -2.25. The van der Waals surface area contributed by atoms with Crippen LogP contribution in [0.2, 0.25) is 0 Å². The van der Waals surface area contributed by atoms with Crippen LogP contribution in [-0.2, 0) is 26.2 Å². The Labute approximate surface area is 154 Å². The Kier molecular flexibility index (Phi) is 5.33. The van der Waals surface area contributed by atoms with Gasteiger partial charge in [-0.3, -0.25) is 4.84 Å². The number of ether oxygens (including phenoxy) is 1. The van der Waals surface area contributed by atoms with E-state index in [2.05, 4.69) is 4.98 Å². The molecule has 1 heterocycles. The molecule has 136 valence electrons. The van der Waals surface area contributed by atoms with Crippen LogP contribution in [0.4, 0.5) is 0 Å². The molecule has 3 rings (SSSR count). The van der Waals surface area contributed by atoms with Crippen molar-refractivity contribution in [2.75, 3.05) is 14.2 Å². The lowest BCUT2D eigenvalue weighted by atomic mass is 10.2. The van der Waals surface area contributed by atoms with Crippen LogP contribution in [0.3, 0.4) is 0 Å². The molecule has 9 heteroatoms. The van der Waals surface area contributed by atoms with E-state index in [9.17, 15) is 13.2 Å². The zero-order valence-electron chi connectivity index (χ0n) is 14.1. The van der Waals surface area contributed by atoms with Crippen LogP contribution in [0.1, 0.15) is 15.4 Å². The number of esters is 1. The Morgan fingerprint density at radius 3 is 2.50 bits per heavy atom. The molecular weight excluding hydrogens is 376 g/mol. The molecule has 0 saturated heterocycles. The van der Waals surface area contributed by atoms with Gasteiger partial charge in [-0.1, -0.05) is 16.6 Å². The van der Waals surface area contributed by atoms with Gasteiger partial charge >= 0.3 is 5.97 Å². The standard InChI is InChI=1S/C17H16N2O5S2/c1-19(23-2)26(21,22)13-9-7-12(8-10-13)17(20)24-11-16-18-14-5-3-4-6-15(14)25-16/h3-10H,11H2,1-2H3. The van der Waals surface area contributed by atoms with Crippen molar-refractivity contribution in [3.05, 3.63) is 59.1 Å². The summed E-state index contributed by atoms with van der Waals surface area (Å²) >= 11 is 1.46. The molecule has 0 saturated carbocycles. The third-order valence-electron chi connectivity index (χ3n) is 3.65. The third kappa shape index (κ3) is 3.75. The van der Waals surface area contributed by atoms with E-state index in [0.29, 0.717) is 5.01 Å². The highest BCUT2D eigenvalue weighted by atomic mass is 32.2. The number of aromatic nitrogens is 1. The predicted octanol–water partition coefficient (Wildman–Crippen LogP) is 2.84. The quantitative estimate of drug-likeness (QED) is 0.474. The Morgan fingerprint density at radius 2 is 1.85 bits per heavy atom. The van der Waals surface area contributed by atoms with Gasteiger partial charge in [0.05, 0.1) is 27.8 Å². The Morgan fingerprint density at radius 1 is 1.15 bits per heavy atom. The van der Waals surface area contributed by atoms with Crippen LogP contribution in [0, 0.1) is 0 Å². The average Bonchev–Trinajstić information content (AvgIpc) is 3.08. The summed E-state index contributed by atoms with van der Waals surface area (Å²) in [5.41, 5.74) is 1.12. The van der Waals surface area contributed by atoms with E-state index in [1.165, 1.54) is 49.8 Å². The molecule has 0 radical (unpaired) electrons. The number of para-hydroxylation sites is 1. The molecule has 0 bridgehead atoms. The minimum atomic E-state index is -3.75. The zero-order valence-corrected chi connectivity index (χ0v) is 15.7. The Balaban J connectivity index is 1.68. The van der Waals surface area contributed by atoms with Crippen molar-refractivity contribution in [3.8, 4) is 0 Å². The number of carbonyl (C=O) groups excluding carboxylic acids is 1. The van der Waals surface area contributed by atoms with Crippen LogP contribution in [-0.4, -0.2) is 38.0 Å². The van der Waals surface area contributed by atoms with Crippen LogP contribution in [0.15, 0.2) is 53.4 Å². The van der Waals surface area contributed by atoms with E-state index < -0.39 is 16.0 Å². The fourth-order valence-electron chi connectivity index (χ4n) is 2.20. The number of fused-ring (bicyclic) bond motifs is 1. The first-order valence-electron chi connectivity index (χ1n) is 7.56. The fourth-order valence-corrected chi connectivity index (χ4v) is 4.06. The van der Waals surface area contributed by atoms with Gasteiger partial charge < -0.3 is 4.74 Å². The SMILES string of the molecule is CON(C)S(=O)(=O)c1ccc(C(=O)OCc2nc3ccccc3s2)cc1. The highest BCUT2D eigenvalue weighted by Crippen LogP contribution is 2.22. The van der Waals surface area contributed by atoms with Gasteiger partial charge in [-0.25, -0.2) is 18.2 Å². The minimum absolute atomic E-state index is 0.0181. The van der Waals surface area contributed by atoms with Crippen molar-refractivity contribution in [1.82, 2.24) is 9.45 Å². The smallest absolute Gasteiger partial charge is 0.338 e. The lowest BCUT2D eigenvalue weighted by molar-refractivity contribution is -0.0258. The molecule has 0 fully saturated rings. The Bertz CT molecular complexity index is 996. The third-order valence-corrected chi connectivity index (χ3v) is 6.35. The van der Waals surface area contributed by atoms with E-state index in [-0.39, 0.29) is 17.1 Å². The second-order valence-electron chi connectivity index (χ2n) is 5.27. The normalized spacial score (nSPS) is 11.8. The molecule has 0 atom stereocenters. The highest BCUT2D eigenvalue weighted by Gasteiger charge is 2.21. The van der Waals surface area contributed by atoms with Crippen molar-refractivity contribution in [1.29, 1.82) is 0 Å². The fraction of sp³-hybridized carbons (Fsp3) is 0.176. The number of hydrogen-bond acceptors (Lipinski definition) is 7. The molecule has 0 spiro atoms. The maximum atomic E-state index is 12.2. The maximum Gasteiger partial charge on any atom is 0.338 e. The molecule has 0 aliphatic rings. The summed E-state index contributed by atoms with van der Waals surface area (Å²) in [5, 5.41) is 0.695. The molecule has 2 aromatic carbocycles. The first-order valence-corrected chi connectivity index (χ1v) is 9.82. The summed E-state index contributed by atoms with van der Waals surface area (Å²) in [6.45, 7) is 0.0602. The van der Waals surface area contributed by atoms with E-state index in [4.69, 9.17) is 9.57 Å². The molecule has 0 unspecified atom stereocenters. The second kappa shape index (κ2) is 7.50. The van der Waals surface area contributed by atoms with Gasteiger partial charge in [0.2, 0.25) is 0 Å². The van der Waals surface area contributed by atoms with Crippen LogP contribution < -0.4 is 0 Å². The summed E-state index contributed by atoms with van der Waals surface area (Å²) in [6.07, 6.45) is 0. The first-order chi connectivity index (χ1) is 12.4. The zero-order chi connectivity index (χ0) is 18.7. The molecule has 0 aliphatic heterocycles. The number of hydrogen-bond donors (Lipinski definition) is 0. The molecule has 3 aromatic rings. The number of rotatable bonds is 6. The van der Waals surface area contributed by atoms with Gasteiger partial charge in [-0.05, 0) is 36.4 Å². The number of sulfonamides is 1. The second-order valence-corrected chi connectivity index (χ2v) is 8.32. The average molecular weight is 392 g/mol. The summed E-state index contributed by atoms with van der Waals surface area (Å²) in [6, 6.07) is 13.1. The number of benzene rings is 2. The van der Waals surface area contributed by atoms with Crippen molar-refractivity contribution in [3.63, 3.8) is 0 Å². The maximum absolute atomic E-state index is 12.2. The molecule has 0 N–H and O–H groups in total. The van der Waals surface area contributed by atoms with Crippen LogP contribution in [0.5, 0.6) is 0 Å². The monoisotopic (exact) mass is 392 g/mol. The van der Waals surface area contributed by atoms with Crippen molar-refractivity contribution in [2.24, 2.45) is 0 Å². The summed E-state index contributed by atoms with van der Waals surface area (Å²) < 4.78 is 31.3.